The molecule has 0 aromatic carbocycles. The number of fused-ring (bicyclic) bond motifs is 8. The Hall–Kier alpha value is -1.03. The molecule has 1 unspecified atom stereocenters. The monoisotopic (exact) mass is 827 g/mol. The Morgan fingerprint density at radius 2 is 1.63 bits per heavy atom. The molecule has 0 aromatic heterocycles. The van der Waals surface area contributed by atoms with Crippen molar-refractivity contribution in [2.24, 2.45) is 68.5 Å². The molecule has 12 atom stereocenters. The molecule has 1 aliphatic heterocycles. The van der Waals surface area contributed by atoms with E-state index in [0.717, 1.165) is 37.4 Å². The highest BCUT2D eigenvalue weighted by Crippen LogP contribution is 2.77. The van der Waals surface area contributed by atoms with Crippen molar-refractivity contribution in [2.45, 2.75) is 156 Å². The number of hydrogen-bond acceptors (Lipinski definition) is 6. The number of rotatable bonds is 10. The van der Waals surface area contributed by atoms with Crippen LogP contribution in [0.5, 0.6) is 0 Å². The average Bonchev–Trinajstić information content (AvgIpc) is 3.52. The van der Waals surface area contributed by atoms with Gasteiger partial charge >= 0.3 is 5.97 Å². The molecule has 8 rings (SSSR count). The number of alkyl halides is 1. The van der Waals surface area contributed by atoms with Gasteiger partial charge in [0.25, 0.3) is 0 Å². The maximum Gasteiger partial charge on any atom is 0.315 e. The molecular formula is C48H79FN2O4SSi. The minimum absolute atomic E-state index is 0.00512. The molecule has 6 nitrogen and oxygen atoms in total. The summed E-state index contributed by atoms with van der Waals surface area (Å²) in [6.07, 6.45) is 16.4. The second-order valence-electron chi connectivity index (χ2n) is 23.9. The molecule has 5 saturated carbocycles. The van der Waals surface area contributed by atoms with Crippen molar-refractivity contribution in [2.75, 3.05) is 44.3 Å². The second kappa shape index (κ2) is 14.3. The minimum Gasteiger partial charge on any atom is -0.465 e. The van der Waals surface area contributed by atoms with Crippen molar-refractivity contribution < 1.29 is 22.3 Å². The number of allylic oxidation sites excluding steroid dienone is 4. The van der Waals surface area contributed by atoms with Crippen LogP contribution in [0.15, 0.2) is 23.3 Å². The third-order valence-electron chi connectivity index (χ3n) is 19.6. The minimum atomic E-state index is -2.86. The number of nitrogens with one attached hydrogen (secondary N) is 1. The summed E-state index contributed by atoms with van der Waals surface area (Å²) in [6.45, 7) is 28.6. The van der Waals surface area contributed by atoms with E-state index >= 15 is 4.39 Å². The van der Waals surface area contributed by atoms with Gasteiger partial charge in [-0.1, -0.05) is 80.3 Å². The van der Waals surface area contributed by atoms with Gasteiger partial charge in [-0.15, -0.1) is 0 Å². The molecule has 6 fully saturated rings. The molecule has 0 spiro atoms. The van der Waals surface area contributed by atoms with Crippen LogP contribution in [0.3, 0.4) is 0 Å². The lowest BCUT2D eigenvalue weighted by Crippen LogP contribution is -2.68. The van der Waals surface area contributed by atoms with Gasteiger partial charge in [0, 0.05) is 45.7 Å². The first-order chi connectivity index (χ1) is 26.5. The van der Waals surface area contributed by atoms with Gasteiger partial charge in [0.15, 0.2) is 9.84 Å². The van der Waals surface area contributed by atoms with Crippen LogP contribution in [0.2, 0.25) is 25.7 Å². The van der Waals surface area contributed by atoms with E-state index in [1.54, 1.807) is 0 Å². The highest BCUT2D eigenvalue weighted by molar-refractivity contribution is 7.91. The molecule has 1 N–H and O–H groups in total. The Morgan fingerprint density at radius 3 is 2.30 bits per heavy atom. The fourth-order valence-corrected chi connectivity index (χ4v) is 18.1. The van der Waals surface area contributed by atoms with E-state index in [9.17, 15) is 13.2 Å². The van der Waals surface area contributed by atoms with E-state index in [1.807, 2.05) is 0 Å². The predicted octanol–water partition coefficient (Wildman–Crippen LogP) is 9.89. The SMILES string of the molecule is CC(C)[C@@H]1CC[C@]2(NCCN3CCS(=O)(=O)CC3)CC[C@]3(C)[C@H](CC[C@@H]4[C@@]5(C)CC=C(C6=CC[C@]7(C(=O)OCC[Si](C)(C)C)C(F)[C@@H]7C6)C(C)(C)[C@@H]5CC[C@]43C)[C@@H]12. The molecule has 0 aromatic rings. The zero-order chi connectivity index (χ0) is 41.2. The van der Waals surface area contributed by atoms with Gasteiger partial charge in [-0.2, -0.15) is 0 Å². The number of halogens is 1. The highest BCUT2D eigenvalue weighted by Gasteiger charge is 2.73. The molecule has 0 bridgehead atoms. The number of carbonyl (C=O) groups excluding carboxylic acids is 1. The Morgan fingerprint density at radius 1 is 0.912 bits per heavy atom. The predicted molar refractivity (Wildman–Crippen MR) is 233 cm³/mol. The van der Waals surface area contributed by atoms with Crippen molar-refractivity contribution in [3.63, 3.8) is 0 Å². The summed E-state index contributed by atoms with van der Waals surface area (Å²) in [4.78, 5) is 15.7. The topological polar surface area (TPSA) is 75.7 Å². The Bertz CT molecular complexity index is 1760. The number of hydrogen-bond donors (Lipinski definition) is 1. The van der Waals surface area contributed by atoms with E-state index in [-0.39, 0.29) is 33.7 Å². The van der Waals surface area contributed by atoms with Gasteiger partial charge in [-0.3, -0.25) is 4.79 Å². The molecule has 0 radical (unpaired) electrons. The fraction of sp³-hybridized carbons (Fsp3) is 0.896. The van der Waals surface area contributed by atoms with Crippen molar-refractivity contribution in [1.29, 1.82) is 0 Å². The Kier molecular flexibility index (Phi) is 10.7. The lowest BCUT2D eigenvalue weighted by molar-refractivity contribution is -0.223. The van der Waals surface area contributed by atoms with Crippen LogP contribution in [-0.2, 0) is 19.4 Å². The quantitative estimate of drug-likeness (QED) is 0.175. The van der Waals surface area contributed by atoms with Crippen LogP contribution in [0.1, 0.15) is 119 Å². The van der Waals surface area contributed by atoms with Crippen LogP contribution >= 0.6 is 0 Å². The van der Waals surface area contributed by atoms with Gasteiger partial charge in [0.1, 0.15) is 11.6 Å². The Labute approximate surface area is 347 Å². The lowest BCUT2D eigenvalue weighted by atomic mass is 9.32. The normalized spacial score (nSPS) is 46.1. The van der Waals surface area contributed by atoms with Gasteiger partial charge in [0.05, 0.1) is 18.1 Å². The van der Waals surface area contributed by atoms with Crippen LogP contribution in [0.25, 0.3) is 0 Å². The molecule has 0 amide bonds. The highest BCUT2D eigenvalue weighted by atomic mass is 32.2. The van der Waals surface area contributed by atoms with E-state index in [1.165, 1.54) is 62.5 Å². The summed E-state index contributed by atoms with van der Waals surface area (Å²) in [5.41, 5.74) is 2.80. The first-order valence-corrected chi connectivity index (χ1v) is 29.0. The van der Waals surface area contributed by atoms with Crippen molar-refractivity contribution in [3.05, 3.63) is 23.3 Å². The largest absolute Gasteiger partial charge is 0.465 e. The van der Waals surface area contributed by atoms with Gasteiger partial charge in [-0.05, 0) is 145 Å². The van der Waals surface area contributed by atoms with E-state index in [4.69, 9.17) is 4.74 Å². The van der Waals surface area contributed by atoms with Gasteiger partial charge in [0.2, 0.25) is 0 Å². The maximum absolute atomic E-state index is 15.7. The number of ether oxygens (including phenoxy) is 1. The van der Waals surface area contributed by atoms with Gasteiger partial charge in [-0.25, -0.2) is 12.8 Å². The number of carbonyl (C=O) groups is 1. The van der Waals surface area contributed by atoms with Crippen molar-refractivity contribution in [1.82, 2.24) is 10.2 Å². The molecular weight excluding hydrogens is 748 g/mol. The number of sulfone groups is 1. The summed E-state index contributed by atoms with van der Waals surface area (Å²) >= 11 is 0. The molecule has 7 aliphatic carbocycles. The van der Waals surface area contributed by atoms with Crippen molar-refractivity contribution >= 4 is 23.9 Å². The molecule has 322 valence electrons. The van der Waals surface area contributed by atoms with Crippen LogP contribution in [-0.4, -0.2) is 83.4 Å². The third kappa shape index (κ3) is 6.68. The summed E-state index contributed by atoms with van der Waals surface area (Å²) in [5, 5.41) is 4.26. The molecule has 57 heavy (non-hydrogen) atoms. The summed E-state index contributed by atoms with van der Waals surface area (Å²) in [6, 6.07) is 0.924. The third-order valence-corrected chi connectivity index (χ3v) is 22.9. The van der Waals surface area contributed by atoms with E-state index in [0.29, 0.717) is 73.1 Å². The van der Waals surface area contributed by atoms with Crippen LogP contribution < -0.4 is 5.32 Å². The first-order valence-electron chi connectivity index (χ1n) is 23.4. The zero-order valence-corrected chi connectivity index (χ0v) is 39.4. The fourth-order valence-electron chi connectivity index (χ4n) is 16.1. The zero-order valence-electron chi connectivity index (χ0n) is 37.6. The number of esters is 1. The van der Waals surface area contributed by atoms with Gasteiger partial charge < -0.3 is 15.0 Å². The smallest absolute Gasteiger partial charge is 0.315 e. The Balaban J connectivity index is 0.998. The van der Waals surface area contributed by atoms with Crippen LogP contribution in [0, 0.1) is 68.5 Å². The van der Waals surface area contributed by atoms with E-state index < -0.39 is 29.5 Å². The first kappa shape index (κ1) is 42.6. The summed E-state index contributed by atoms with van der Waals surface area (Å²) in [5.74, 6) is 4.17. The molecule has 8 aliphatic rings. The average molecular weight is 827 g/mol. The van der Waals surface area contributed by atoms with Crippen LogP contribution in [0.4, 0.5) is 4.39 Å². The number of nitrogens with zero attached hydrogens (tertiary/aromatic N) is 1. The van der Waals surface area contributed by atoms with E-state index in [2.05, 4.69) is 90.5 Å². The lowest BCUT2D eigenvalue weighted by Gasteiger charge is -2.72. The molecule has 1 saturated heterocycles. The molecule has 9 heteroatoms. The molecule has 1 heterocycles. The summed E-state index contributed by atoms with van der Waals surface area (Å²) in [7, 11) is -4.20. The standard InChI is InChI=1S/C48H79FN2O4SSi/c1-32(2)34-14-19-47(50-23-24-51-25-28-56(53,54)29-26-51)22-21-45(6)36(40(34)47)11-12-39-44(5)17-15-35(43(3,4)38(44)16-18-46(39,45)7)33-13-20-48(37(31-33)41(48)49)42(52)55-27-30-57(8,9)10/h13,15,32,34,36-41,50H,11-12,14,16-31H2,1-10H3/t34-,36+,37-,38-,39+,40+,41?,44-,45+,46+,47-,48+/m0/s1. The maximum atomic E-state index is 15.7. The second-order valence-corrected chi connectivity index (χ2v) is 31.8. The summed E-state index contributed by atoms with van der Waals surface area (Å²) < 4.78 is 45.6. The van der Waals surface area contributed by atoms with Crippen molar-refractivity contribution in [3.8, 4) is 0 Å².